The van der Waals surface area contributed by atoms with Gasteiger partial charge in [0.2, 0.25) is 0 Å². The summed E-state index contributed by atoms with van der Waals surface area (Å²) in [5.41, 5.74) is 1.16. The molecule has 36 heavy (non-hydrogen) atoms. The number of para-hydroxylation sites is 1. The van der Waals surface area contributed by atoms with Gasteiger partial charge in [-0.2, -0.15) is 8.78 Å². The topological polar surface area (TPSA) is 82.5 Å². The van der Waals surface area contributed by atoms with Crippen LogP contribution in [-0.2, 0) is 23.2 Å². The Morgan fingerprint density at radius 3 is 2.58 bits per heavy atom. The zero-order valence-corrected chi connectivity index (χ0v) is 19.9. The minimum absolute atomic E-state index is 0.0390. The van der Waals surface area contributed by atoms with Crippen molar-refractivity contribution in [1.82, 2.24) is 14.3 Å². The third kappa shape index (κ3) is 5.52. The van der Waals surface area contributed by atoms with E-state index in [2.05, 4.69) is 15.0 Å². The molecule has 0 spiro atoms. The standard InChI is InChI=1S/C25H22F3N3O4S/c1-29-13-17-11-23(31(15-17)36(32,33)20-6-4-10-30-14-20)21-9-8-19(12-22(21)26)34-16-18-5-2-3-7-24(18)35-25(27)28/h2-12,14-15,25,29H,13,16H2,1H3. The fraction of sp³-hybridized carbons (Fsp3) is 0.160. The number of hydrogen-bond donors (Lipinski definition) is 1. The number of alkyl halides is 2. The lowest BCUT2D eigenvalue weighted by Crippen LogP contribution is -2.14. The van der Waals surface area contributed by atoms with Crippen molar-refractivity contribution in [2.24, 2.45) is 0 Å². The number of nitrogens with one attached hydrogen (secondary N) is 1. The molecule has 0 fully saturated rings. The molecule has 7 nitrogen and oxygen atoms in total. The maximum Gasteiger partial charge on any atom is 0.387 e. The van der Waals surface area contributed by atoms with Crippen LogP contribution in [0.15, 0.2) is 84.1 Å². The minimum Gasteiger partial charge on any atom is -0.489 e. The SMILES string of the molecule is CNCc1cc(-c2ccc(OCc3ccccc3OC(F)F)cc2F)n(S(=O)(=O)c2cccnc2)c1. The van der Waals surface area contributed by atoms with Gasteiger partial charge in [0.15, 0.2) is 0 Å². The second-order valence-electron chi connectivity index (χ2n) is 7.67. The van der Waals surface area contributed by atoms with Crippen molar-refractivity contribution in [2.75, 3.05) is 7.05 Å². The molecule has 0 atom stereocenters. The number of pyridine rings is 1. The first kappa shape index (κ1) is 25.3. The van der Waals surface area contributed by atoms with E-state index >= 15 is 4.39 Å². The molecule has 188 valence electrons. The van der Waals surface area contributed by atoms with Gasteiger partial charge in [-0.15, -0.1) is 0 Å². The van der Waals surface area contributed by atoms with Crippen molar-refractivity contribution in [1.29, 1.82) is 0 Å². The van der Waals surface area contributed by atoms with Crippen LogP contribution < -0.4 is 14.8 Å². The van der Waals surface area contributed by atoms with Crippen LogP contribution in [0.3, 0.4) is 0 Å². The molecular weight excluding hydrogens is 495 g/mol. The quantitative estimate of drug-likeness (QED) is 0.325. The number of hydrogen-bond acceptors (Lipinski definition) is 6. The van der Waals surface area contributed by atoms with Crippen LogP contribution in [0.1, 0.15) is 11.1 Å². The van der Waals surface area contributed by atoms with Crippen LogP contribution in [0.4, 0.5) is 13.2 Å². The molecule has 2 aromatic heterocycles. The predicted molar refractivity (Wildman–Crippen MR) is 127 cm³/mol. The summed E-state index contributed by atoms with van der Waals surface area (Å²) in [5, 5.41) is 2.95. The maximum atomic E-state index is 15.2. The molecule has 1 N–H and O–H groups in total. The van der Waals surface area contributed by atoms with E-state index < -0.39 is 22.5 Å². The van der Waals surface area contributed by atoms with E-state index in [1.165, 1.54) is 48.9 Å². The van der Waals surface area contributed by atoms with Crippen molar-refractivity contribution >= 4 is 10.0 Å². The van der Waals surface area contributed by atoms with Gasteiger partial charge in [0, 0.05) is 42.3 Å². The Hall–Kier alpha value is -3.83. The average molecular weight is 518 g/mol. The van der Waals surface area contributed by atoms with Gasteiger partial charge >= 0.3 is 6.61 Å². The molecule has 2 heterocycles. The molecule has 0 unspecified atom stereocenters. The van der Waals surface area contributed by atoms with Gasteiger partial charge < -0.3 is 14.8 Å². The number of halogens is 3. The van der Waals surface area contributed by atoms with E-state index in [1.807, 2.05) is 0 Å². The summed E-state index contributed by atoms with van der Waals surface area (Å²) in [6, 6.07) is 14.6. The van der Waals surface area contributed by atoms with Crippen molar-refractivity contribution in [3.05, 3.63) is 96.2 Å². The Morgan fingerprint density at radius 2 is 1.89 bits per heavy atom. The van der Waals surface area contributed by atoms with E-state index in [0.29, 0.717) is 17.7 Å². The molecule has 0 saturated heterocycles. The van der Waals surface area contributed by atoms with Crippen LogP contribution >= 0.6 is 0 Å². The molecule has 11 heteroatoms. The van der Waals surface area contributed by atoms with Gasteiger partial charge in [-0.25, -0.2) is 16.8 Å². The van der Waals surface area contributed by atoms with Gasteiger partial charge in [0.1, 0.15) is 28.8 Å². The summed E-state index contributed by atoms with van der Waals surface area (Å²) < 4.78 is 78.2. The molecule has 0 bridgehead atoms. The van der Waals surface area contributed by atoms with Crippen LogP contribution in [0.2, 0.25) is 0 Å². The molecule has 0 aliphatic carbocycles. The highest BCUT2D eigenvalue weighted by Crippen LogP contribution is 2.31. The lowest BCUT2D eigenvalue weighted by atomic mass is 10.1. The van der Waals surface area contributed by atoms with Crippen molar-refractivity contribution in [3.8, 4) is 22.8 Å². The molecule has 0 aliphatic heterocycles. The van der Waals surface area contributed by atoms with Gasteiger partial charge in [-0.05, 0) is 49.0 Å². The molecule has 4 rings (SSSR count). The van der Waals surface area contributed by atoms with E-state index in [4.69, 9.17) is 4.74 Å². The molecule has 0 amide bonds. The lowest BCUT2D eigenvalue weighted by Gasteiger charge is -2.13. The second-order valence-corrected chi connectivity index (χ2v) is 9.48. The Morgan fingerprint density at radius 1 is 1.08 bits per heavy atom. The van der Waals surface area contributed by atoms with E-state index in [0.717, 1.165) is 10.0 Å². The number of nitrogens with zero attached hydrogens (tertiary/aromatic N) is 2. The lowest BCUT2D eigenvalue weighted by molar-refractivity contribution is -0.0508. The summed E-state index contributed by atoms with van der Waals surface area (Å²) in [7, 11) is -2.34. The number of benzene rings is 2. The van der Waals surface area contributed by atoms with Crippen LogP contribution in [-0.4, -0.2) is 31.0 Å². The summed E-state index contributed by atoms with van der Waals surface area (Å²) in [4.78, 5) is 3.83. The predicted octanol–water partition coefficient (Wildman–Crippen LogP) is 4.83. The van der Waals surface area contributed by atoms with Crippen LogP contribution in [0.5, 0.6) is 11.5 Å². The molecular formula is C25H22F3N3O4S. The summed E-state index contributed by atoms with van der Waals surface area (Å²) in [5.74, 6) is -0.631. The van der Waals surface area contributed by atoms with Crippen molar-refractivity contribution in [2.45, 2.75) is 24.7 Å². The summed E-state index contributed by atoms with van der Waals surface area (Å²) in [6.07, 6.45) is 4.11. The Bertz CT molecular complexity index is 1440. The Kier molecular flexibility index (Phi) is 7.61. The number of aromatic nitrogens is 2. The third-order valence-electron chi connectivity index (χ3n) is 5.21. The van der Waals surface area contributed by atoms with Gasteiger partial charge in [0.25, 0.3) is 10.0 Å². The zero-order chi connectivity index (χ0) is 25.7. The van der Waals surface area contributed by atoms with E-state index in [-0.39, 0.29) is 34.3 Å². The fourth-order valence-corrected chi connectivity index (χ4v) is 4.95. The van der Waals surface area contributed by atoms with E-state index in [9.17, 15) is 17.2 Å². The van der Waals surface area contributed by atoms with Crippen molar-refractivity contribution < 1.29 is 31.1 Å². The van der Waals surface area contributed by atoms with E-state index in [1.54, 1.807) is 31.3 Å². The summed E-state index contributed by atoms with van der Waals surface area (Å²) >= 11 is 0. The maximum absolute atomic E-state index is 15.2. The number of rotatable bonds is 10. The second kappa shape index (κ2) is 10.8. The normalized spacial score (nSPS) is 11.6. The Balaban J connectivity index is 1.64. The molecule has 0 saturated carbocycles. The van der Waals surface area contributed by atoms with Crippen LogP contribution in [0.25, 0.3) is 11.3 Å². The summed E-state index contributed by atoms with van der Waals surface area (Å²) in [6.45, 7) is -2.76. The van der Waals surface area contributed by atoms with Gasteiger partial charge in [0.05, 0.1) is 5.69 Å². The number of ether oxygens (including phenoxy) is 2. The molecule has 0 radical (unpaired) electrons. The smallest absolute Gasteiger partial charge is 0.387 e. The highest BCUT2D eigenvalue weighted by Gasteiger charge is 2.23. The van der Waals surface area contributed by atoms with Gasteiger partial charge in [-0.3, -0.25) is 4.98 Å². The first-order chi connectivity index (χ1) is 17.3. The first-order valence-electron chi connectivity index (χ1n) is 10.8. The average Bonchev–Trinajstić information content (AvgIpc) is 3.28. The molecule has 4 aromatic rings. The largest absolute Gasteiger partial charge is 0.489 e. The molecule has 0 aliphatic rings. The Labute approximate surface area is 206 Å². The highest BCUT2D eigenvalue weighted by molar-refractivity contribution is 7.90. The highest BCUT2D eigenvalue weighted by atomic mass is 32.2. The zero-order valence-electron chi connectivity index (χ0n) is 19.1. The van der Waals surface area contributed by atoms with Gasteiger partial charge in [-0.1, -0.05) is 18.2 Å². The van der Waals surface area contributed by atoms with Crippen molar-refractivity contribution in [3.63, 3.8) is 0 Å². The first-order valence-corrected chi connectivity index (χ1v) is 12.2. The monoisotopic (exact) mass is 517 g/mol. The fourth-order valence-electron chi connectivity index (χ4n) is 3.59. The van der Waals surface area contributed by atoms with Crippen LogP contribution in [0, 0.1) is 5.82 Å². The minimum atomic E-state index is -4.05. The third-order valence-corrected chi connectivity index (χ3v) is 6.87. The molecule has 2 aromatic carbocycles.